The van der Waals surface area contributed by atoms with Gasteiger partial charge in [0.05, 0.1) is 13.7 Å². The van der Waals surface area contributed by atoms with Crippen LogP contribution < -0.4 is 4.57 Å². The molecular weight excluding hydrogens is 264 g/mol. The number of nitrogens with zero attached hydrogens (tertiary/aromatic N) is 2. The molecule has 112 valence electrons. The molecule has 0 saturated heterocycles. The second-order valence-electron chi connectivity index (χ2n) is 4.25. The maximum atomic E-state index is 11.6. The Morgan fingerprint density at radius 2 is 2.10 bits per heavy atom. The minimum Gasteiger partial charge on any atom is -0.461 e. The van der Waals surface area contributed by atoms with Crippen LogP contribution in [0.5, 0.6) is 0 Å². The number of esters is 2. The lowest BCUT2D eigenvalue weighted by Crippen LogP contribution is -2.39. The molecule has 0 aliphatic carbocycles. The highest BCUT2D eigenvalue weighted by atomic mass is 16.6. The van der Waals surface area contributed by atoms with Gasteiger partial charge in [-0.3, -0.25) is 0 Å². The van der Waals surface area contributed by atoms with Crippen LogP contribution in [-0.2, 0) is 37.4 Å². The Bertz CT molecular complexity index is 444. The number of hydrogen-bond donors (Lipinski definition) is 0. The largest absolute Gasteiger partial charge is 0.461 e. The Balaban J connectivity index is 2.28. The molecule has 0 unspecified atom stereocenters. The van der Waals surface area contributed by atoms with Crippen LogP contribution in [0, 0.1) is 0 Å². The van der Waals surface area contributed by atoms with Crippen LogP contribution in [-0.4, -0.2) is 42.4 Å². The summed E-state index contributed by atoms with van der Waals surface area (Å²) in [5.41, 5.74) is 0. The molecule has 0 fully saturated rings. The van der Waals surface area contributed by atoms with Gasteiger partial charge in [-0.1, -0.05) is 0 Å². The summed E-state index contributed by atoms with van der Waals surface area (Å²) in [5.74, 6) is -1.06. The van der Waals surface area contributed by atoms with Gasteiger partial charge in [0.1, 0.15) is 19.0 Å². The Labute approximate surface area is 118 Å². The lowest BCUT2D eigenvalue weighted by molar-refractivity contribution is -0.685. The number of hydrogen-bond acceptors (Lipinski definition) is 5. The van der Waals surface area contributed by atoms with Gasteiger partial charge in [0.15, 0.2) is 12.6 Å². The van der Waals surface area contributed by atoms with Gasteiger partial charge in [-0.25, -0.2) is 18.7 Å². The molecule has 0 amide bonds. The van der Waals surface area contributed by atoms with Crippen molar-refractivity contribution in [3.63, 3.8) is 0 Å². The normalized spacial score (nSPS) is 11.9. The summed E-state index contributed by atoms with van der Waals surface area (Å²) >= 11 is 0. The summed E-state index contributed by atoms with van der Waals surface area (Å²) in [6.07, 6.45) is 4.37. The smallest absolute Gasteiger partial charge is 0.349 e. The highest BCUT2D eigenvalue weighted by molar-refractivity contribution is 5.78. The maximum absolute atomic E-state index is 11.6. The second kappa shape index (κ2) is 8.31. The molecule has 0 bridgehead atoms. The molecule has 1 heterocycles. The van der Waals surface area contributed by atoms with E-state index >= 15 is 0 Å². The average molecular weight is 285 g/mol. The quantitative estimate of drug-likeness (QED) is 0.376. The highest BCUT2D eigenvalue weighted by Crippen LogP contribution is 1.96. The molecule has 0 radical (unpaired) electrons. The van der Waals surface area contributed by atoms with Crippen molar-refractivity contribution in [3.05, 3.63) is 18.7 Å². The maximum Gasteiger partial charge on any atom is 0.349 e. The first kappa shape index (κ1) is 16.2. The van der Waals surface area contributed by atoms with Crippen molar-refractivity contribution in [2.24, 2.45) is 7.05 Å². The zero-order valence-electron chi connectivity index (χ0n) is 12.1. The standard InChI is InChI=1S/C13H21N2O5/c1-4-18-7-8-19-13(17)11(2)20-12(16)9-15-6-5-14(3)10-15/h5-6,10-11H,4,7-9H2,1-3H3/q+1/t11-/m1/s1. The van der Waals surface area contributed by atoms with E-state index in [4.69, 9.17) is 14.2 Å². The zero-order valence-corrected chi connectivity index (χ0v) is 12.1. The minimum atomic E-state index is -0.923. The van der Waals surface area contributed by atoms with E-state index in [1.165, 1.54) is 6.92 Å². The van der Waals surface area contributed by atoms with Gasteiger partial charge >= 0.3 is 11.9 Å². The molecule has 0 aliphatic rings. The van der Waals surface area contributed by atoms with Crippen LogP contribution in [0.25, 0.3) is 0 Å². The van der Waals surface area contributed by atoms with E-state index in [0.29, 0.717) is 13.2 Å². The van der Waals surface area contributed by atoms with E-state index in [0.717, 1.165) is 0 Å². The van der Waals surface area contributed by atoms with Gasteiger partial charge in [0, 0.05) is 6.61 Å². The van der Waals surface area contributed by atoms with Gasteiger partial charge in [-0.05, 0) is 13.8 Å². The Morgan fingerprint density at radius 3 is 2.70 bits per heavy atom. The Morgan fingerprint density at radius 1 is 1.35 bits per heavy atom. The van der Waals surface area contributed by atoms with Crippen LogP contribution in [0.15, 0.2) is 18.7 Å². The first-order valence-electron chi connectivity index (χ1n) is 6.47. The van der Waals surface area contributed by atoms with Gasteiger partial charge < -0.3 is 14.2 Å². The van der Waals surface area contributed by atoms with E-state index in [1.54, 1.807) is 27.9 Å². The van der Waals surface area contributed by atoms with E-state index < -0.39 is 18.0 Å². The monoisotopic (exact) mass is 285 g/mol. The molecule has 7 heteroatoms. The Kier molecular flexibility index (Phi) is 6.72. The van der Waals surface area contributed by atoms with E-state index in [2.05, 4.69) is 0 Å². The third kappa shape index (κ3) is 5.83. The van der Waals surface area contributed by atoms with Gasteiger partial charge in [-0.2, -0.15) is 0 Å². The molecular formula is C13H21N2O5+. The SMILES string of the molecule is CCOCCOC(=O)[C@@H](C)OC(=O)C[n+]1ccn(C)c1. The van der Waals surface area contributed by atoms with Crippen LogP contribution in [0.3, 0.4) is 0 Å². The topological polar surface area (TPSA) is 70.6 Å². The predicted molar refractivity (Wildman–Crippen MR) is 68.6 cm³/mol. The van der Waals surface area contributed by atoms with Crippen molar-refractivity contribution in [1.82, 2.24) is 4.57 Å². The third-order valence-corrected chi connectivity index (χ3v) is 2.45. The third-order valence-electron chi connectivity index (χ3n) is 2.45. The first-order chi connectivity index (χ1) is 9.52. The molecule has 0 spiro atoms. The number of rotatable bonds is 8. The number of ether oxygens (including phenoxy) is 3. The molecule has 1 aromatic rings. The minimum absolute atomic E-state index is 0.0530. The molecule has 0 aliphatic heterocycles. The molecule has 0 aromatic carbocycles. The molecule has 0 saturated carbocycles. The predicted octanol–water partition coefficient (Wildman–Crippen LogP) is -0.176. The lowest BCUT2D eigenvalue weighted by Gasteiger charge is -2.12. The molecule has 20 heavy (non-hydrogen) atoms. The van der Waals surface area contributed by atoms with Crippen LogP contribution >= 0.6 is 0 Å². The van der Waals surface area contributed by atoms with Crippen molar-refractivity contribution >= 4 is 11.9 Å². The number of imidazole rings is 1. The fraction of sp³-hybridized carbons (Fsp3) is 0.615. The number of aryl methyl sites for hydroxylation is 1. The number of carbonyl (C=O) groups excluding carboxylic acids is 2. The van der Waals surface area contributed by atoms with Crippen molar-refractivity contribution in [2.45, 2.75) is 26.5 Å². The first-order valence-corrected chi connectivity index (χ1v) is 6.47. The summed E-state index contributed by atoms with van der Waals surface area (Å²) in [5, 5.41) is 0. The fourth-order valence-electron chi connectivity index (χ4n) is 1.49. The fourth-order valence-corrected chi connectivity index (χ4v) is 1.49. The average Bonchev–Trinajstić information content (AvgIpc) is 2.79. The zero-order chi connectivity index (χ0) is 15.0. The van der Waals surface area contributed by atoms with Crippen molar-refractivity contribution in [1.29, 1.82) is 0 Å². The van der Waals surface area contributed by atoms with Gasteiger partial charge in [-0.15, -0.1) is 0 Å². The number of carbonyl (C=O) groups is 2. The molecule has 1 rings (SSSR count). The van der Waals surface area contributed by atoms with E-state index in [-0.39, 0.29) is 13.2 Å². The van der Waals surface area contributed by atoms with Crippen LogP contribution in [0.1, 0.15) is 13.8 Å². The van der Waals surface area contributed by atoms with Gasteiger partial charge in [0.2, 0.25) is 6.33 Å². The number of aromatic nitrogens is 2. The summed E-state index contributed by atoms with van der Waals surface area (Å²) in [6, 6.07) is 0. The summed E-state index contributed by atoms with van der Waals surface area (Å²) in [7, 11) is 1.85. The molecule has 7 nitrogen and oxygen atoms in total. The van der Waals surface area contributed by atoms with Crippen molar-refractivity contribution < 1.29 is 28.4 Å². The van der Waals surface area contributed by atoms with E-state index in [1.807, 2.05) is 14.0 Å². The lowest BCUT2D eigenvalue weighted by atomic mass is 10.4. The summed E-state index contributed by atoms with van der Waals surface area (Å²) < 4.78 is 18.4. The molecule has 1 atom stereocenters. The summed E-state index contributed by atoms with van der Waals surface area (Å²) in [6.45, 7) is 4.45. The van der Waals surface area contributed by atoms with Crippen LogP contribution in [0.4, 0.5) is 0 Å². The second-order valence-corrected chi connectivity index (χ2v) is 4.25. The van der Waals surface area contributed by atoms with Crippen molar-refractivity contribution in [2.75, 3.05) is 19.8 Å². The van der Waals surface area contributed by atoms with Gasteiger partial charge in [0.25, 0.3) is 0 Å². The molecule has 0 N–H and O–H groups in total. The van der Waals surface area contributed by atoms with Crippen molar-refractivity contribution in [3.8, 4) is 0 Å². The highest BCUT2D eigenvalue weighted by Gasteiger charge is 2.20. The van der Waals surface area contributed by atoms with Crippen LogP contribution in [0.2, 0.25) is 0 Å². The Hall–Kier alpha value is -1.89. The molecule has 1 aromatic heterocycles. The van der Waals surface area contributed by atoms with E-state index in [9.17, 15) is 9.59 Å². The summed E-state index contributed by atoms with van der Waals surface area (Å²) in [4.78, 5) is 23.2.